The van der Waals surface area contributed by atoms with Crippen LogP contribution in [-0.4, -0.2) is 42.0 Å². The normalized spacial score (nSPS) is 11.3. The molecule has 0 radical (unpaired) electrons. The molecule has 7 nitrogen and oxygen atoms in total. The molecule has 0 saturated carbocycles. The van der Waals surface area contributed by atoms with E-state index in [0.29, 0.717) is 39.9 Å². The third-order valence-corrected chi connectivity index (χ3v) is 5.62. The minimum Gasteiger partial charge on any atom is -0.490 e. The lowest BCUT2D eigenvalue weighted by molar-refractivity contribution is -0.137. The second-order valence-electron chi connectivity index (χ2n) is 8.45. The fourth-order valence-corrected chi connectivity index (χ4v) is 3.81. The molecule has 2 aromatic rings. The summed E-state index contributed by atoms with van der Waals surface area (Å²) in [5.74, 6) is 0.144. The smallest absolute Gasteiger partial charge is 0.266 e. The number of benzene rings is 2. The van der Waals surface area contributed by atoms with Crippen LogP contribution in [0.4, 0.5) is 5.69 Å². The van der Waals surface area contributed by atoms with Gasteiger partial charge < -0.3 is 19.7 Å². The standard InChI is InChI=1S/C27H32ClN3O4/c1-7-34-25-14-20(11-12-24(25)35-16-26(32)31(17(2)3)18(4)5)13-21(15-29)27(33)30-23-10-8-9-22(28)19(23)6/h8-14,17-18H,7,16H2,1-6H3,(H,30,33)/b21-13+. The van der Waals surface area contributed by atoms with E-state index in [4.69, 9.17) is 21.1 Å². The SMILES string of the molecule is CCOc1cc(/C=C(\C#N)C(=O)Nc2cccc(Cl)c2C)ccc1OCC(=O)N(C(C)C)C(C)C. The topological polar surface area (TPSA) is 91.7 Å². The van der Waals surface area contributed by atoms with Crippen molar-refractivity contribution in [1.82, 2.24) is 4.90 Å². The highest BCUT2D eigenvalue weighted by atomic mass is 35.5. The van der Waals surface area contributed by atoms with Crippen molar-refractivity contribution in [2.45, 2.75) is 53.6 Å². The number of amides is 2. The second-order valence-corrected chi connectivity index (χ2v) is 8.86. The molecule has 0 aliphatic rings. The van der Waals surface area contributed by atoms with Crippen LogP contribution in [0.1, 0.15) is 45.7 Å². The average molecular weight is 498 g/mol. The zero-order chi connectivity index (χ0) is 26.1. The van der Waals surface area contributed by atoms with Gasteiger partial charge in [0.25, 0.3) is 11.8 Å². The number of nitrogens with one attached hydrogen (secondary N) is 1. The molecular weight excluding hydrogens is 466 g/mol. The Hall–Kier alpha value is -3.50. The molecule has 2 amide bonds. The summed E-state index contributed by atoms with van der Waals surface area (Å²) < 4.78 is 11.5. The van der Waals surface area contributed by atoms with E-state index >= 15 is 0 Å². The van der Waals surface area contributed by atoms with E-state index in [9.17, 15) is 14.9 Å². The summed E-state index contributed by atoms with van der Waals surface area (Å²) in [5, 5.41) is 12.8. The summed E-state index contributed by atoms with van der Waals surface area (Å²) in [6.07, 6.45) is 1.46. The highest BCUT2D eigenvalue weighted by molar-refractivity contribution is 6.31. The molecule has 0 spiro atoms. The van der Waals surface area contributed by atoms with Gasteiger partial charge in [0.05, 0.1) is 6.61 Å². The van der Waals surface area contributed by atoms with Crippen LogP contribution in [0.2, 0.25) is 5.02 Å². The van der Waals surface area contributed by atoms with Crippen molar-refractivity contribution >= 4 is 35.2 Å². The first-order valence-corrected chi connectivity index (χ1v) is 11.9. The van der Waals surface area contributed by atoms with Crippen molar-refractivity contribution < 1.29 is 19.1 Å². The molecule has 0 saturated heterocycles. The van der Waals surface area contributed by atoms with E-state index < -0.39 is 5.91 Å². The largest absolute Gasteiger partial charge is 0.490 e. The Morgan fingerprint density at radius 1 is 1.11 bits per heavy atom. The summed E-state index contributed by atoms with van der Waals surface area (Å²) in [7, 11) is 0. The van der Waals surface area contributed by atoms with Crippen LogP contribution in [0.15, 0.2) is 42.0 Å². The molecule has 8 heteroatoms. The monoisotopic (exact) mass is 497 g/mol. The number of nitrogens with zero attached hydrogens (tertiary/aromatic N) is 2. The molecule has 0 unspecified atom stereocenters. The van der Waals surface area contributed by atoms with Gasteiger partial charge in [-0.2, -0.15) is 5.26 Å². The Balaban J connectivity index is 2.24. The number of hydrogen-bond donors (Lipinski definition) is 1. The maximum Gasteiger partial charge on any atom is 0.266 e. The van der Waals surface area contributed by atoms with Gasteiger partial charge in [-0.25, -0.2) is 0 Å². The Morgan fingerprint density at radius 3 is 2.40 bits per heavy atom. The van der Waals surface area contributed by atoms with Crippen molar-refractivity contribution in [2.24, 2.45) is 0 Å². The maximum absolute atomic E-state index is 12.7. The average Bonchev–Trinajstić information content (AvgIpc) is 2.79. The molecule has 0 aliphatic heterocycles. The summed E-state index contributed by atoms with van der Waals surface area (Å²) >= 11 is 6.12. The van der Waals surface area contributed by atoms with Gasteiger partial charge in [0.2, 0.25) is 0 Å². The molecule has 1 N–H and O–H groups in total. The Kier molecular flexibility index (Phi) is 10.2. The van der Waals surface area contributed by atoms with E-state index in [1.807, 2.05) is 40.7 Å². The third kappa shape index (κ3) is 7.49. The molecule has 0 aliphatic carbocycles. The first-order chi connectivity index (χ1) is 16.6. The fourth-order valence-electron chi connectivity index (χ4n) is 3.64. The van der Waals surface area contributed by atoms with Crippen LogP contribution in [-0.2, 0) is 9.59 Å². The van der Waals surface area contributed by atoms with Crippen molar-refractivity contribution in [3.05, 3.63) is 58.1 Å². The minimum absolute atomic E-state index is 0.0521. The first kappa shape index (κ1) is 27.7. The van der Waals surface area contributed by atoms with Gasteiger partial charge in [-0.15, -0.1) is 0 Å². The summed E-state index contributed by atoms with van der Waals surface area (Å²) in [6.45, 7) is 11.7. The molecule has 0 bridgehead atoms. The lowest BCUT2D eigenvalue weighted by Gasteiger charge is -2.30. The highest BCUT2D eigenvalue weighted by Crippen LogP contribution is 2.30. The number of carbonyl (C=O) groups is 2. The van der Waals surface area contributed by atoms with Crippen molar-refractivity contribution in [2.75, 3.05) is 18.5 Å². The molecular formula is C27H32ClN3O4. The summed E-state index contributed by atoms with van der Waals surface area (Å²) in [5.41, 5.74) is 1.74. The van der Waals surface area contributed by atoms with Crippen LogP contribution >= 0.6 is 11.6 Å². The highest BCUT2D eigenvalue weighted by Gasteiger charge is 2.21. The van der Waals surface area contributed by atoms with Gasteiger partial charge >= 0.3 is 0 Å². The van der Waals surface area contributed by atoms with Crippen molar-refractivity contribution in [3.8, 4) is 17.6 Å². The lowest BCUT2D eigenvalue weighted by atomic mass is 10.1. The zero-order valence-corrected chi connectivity index (χ0v) is 21.8. The van der Waals surface area contributed by atoms with Gasteiger partial charge in [0.1, 0.15) is 11.6 Å². The number of rotatable bonds is 10. The molecule has 186 valence electrons. The quantitative estimate of drug-likeness (QED) is 0.340. The third-order valence-electron chi connectivity index (χ3n) is 5.21. The van der Waals surface area contributed by atoms with Gasteiger partial charge in [-0.1, -0.05) is 23.7 Å². The summed E-state index contributed by atoms with van der Waals surface area (Å²) in [6, 6.07) is 12.2. The Labute approximate surface area is 212 Å². The van der Waals surface area contributed by atoms with Crippen LogP contribution < -0.4 is 14.8 Å². The second kappa shape index (κ2) is 12.8. The fraction of sp³-hybridized carbons (Fsp3) is 0.370. The van der Waals surface area contributed by atoms with Gasteiger partial charge in [0.15, 0.2) is 18.1 Å². The van der Waals surface area contributed by atoms with Gasteiger partial charge in [-0.3, -0.25) is 9.59 Å². The van der Waals surface area contributed by atoms with Crippen molar-refractivity contribution in [1.29, 1.82) is 5.26 Å². The summed E-state index contributed by atoms with van der Waals surface area (Å²) in [4.78, 5) is 27.1. The predicted molar refractivity (Wildman–Crippen MR) is 139 cm³/mol. The molecule has 0 heterocycles. The van der Waals surface area contributed by atoms with E-state index in [-0.39, 0.29) is 30.2 Å². The van der Waals surface area contributed by atoms with Gasteiger partial charge in [-0.05, 0) is 83.0 Å². The number of ether oxygens (including phenoxy) is 2. The van der Waals surface area contributed by atoms with Crippen LogP contribution in [0.5, 0.6) is 11.5 Å². The van der Waals surface area contributed by atoms with E-state index in [0.717, 1.165) is 0 Å². The minimum atomic E-state index is -0.552. The zero-order valence-electron chi connectivity index (χ0n) is 21.0. The van der Waals surface area contributed by atoms with Crippen LogP contribution in [0.3, 0.4) is 0 Å². The Bertz CT molecular complexity index is 1130. The van der Waals surface area contributed by atoms with Crippen molar-refractivity contribution in [3.63, 3.8) is 0 Å². The Morgan fingerprint density at radius 2 is 1.80 bits per heavy atom. The molecule has 0 atom stereocenters. The number of carbonyl (C=O) groups excluding carboxylic acids is 2. The predicted octanol–water partition coefficient (Wildman–Crippen LogP) is 5.62. The molecule has 0 fully saturated rings. The number of nitriles is 1. The number of hydrogen-bond acceptors (Lipinski definition) is 5. The van der Waals surface area contributed by atoms with Crippen LogP contribution in [0.25, 0.3) is 6.08 Å². The lowest BCUT2D eigenvalue weighted by Crippen LogP contribution is -2.44. The molecule has 35 heavy (non-hydrogen) atoms. The van der Waals surface area contributed by atoms with E-state index in [1.54, 1.807) is 48.2 Å². The van der Waals surface area contributed by atoms with Gasteiger partial charge in [0, 0.05) is 22.8 Å². The molecule has 0 aromatic heterocycles. The molecule has 2 rings (SSSR count). The number of anilines is 1. The van der Waals surface area contributed by atoms with Crippen LogP contribution in [0, 0.1) is 18.3 Å². The molecule has 2 aromatic carbocycles. The van der Waals surface area contributed by atoms with E-state index in [1.165, 1.54) is 6.08 Å². The first-order valence-electron chi connectivity index (χ1n) is 11.5. The van der Waals surface area contributed by atoms with E-state index in [2.05, 4.69) is 5.32 Å². The maximum atomic E-state index is 12.7. The number of halogens is 1.